The third-order valence-corrected chi connectivity index (χ3v) is 9.97. The van der Waals surface area contributed by atoms with E-state index in [2.05, 4.69) is 46.9 Å². The number of aromatic amines is 1. The van der Waals surface area contributed by atoms with E-state index in [1.165, 1.54) is 17.2 Å². The van der Waals surface area contributed by atoms with Crippen LogP contribution >= 0.6 is 19.0 Å². The molecular weight excluding hydrogens is 603 g/mol. The van der Waals surface area contributed by atoms with Gasteiger partial charge in [0.25, 0.3) is 5.56 Å². The summed E-state index contributed by atoms with van der Waals surface area (Å²) in [4.78, 5) is 35.3. The maximum Gasteiger partial charge on any atom is 0.386 e. The molecule has 0 amide bonds. The van der Waals surface area contributed by atoms with Crippen LogP contribution < -0.4 is 16.0 Å². The summed E-state index contributed by atoms with van der Waals surface area (Å²) in [5.41, 5.74) is 6.33. The summed E-state index contributed by atoms with van der Waals surface area (Å²) in [6.45, 7) is -4.17. The highest BCUT2D eigenvalue weighted by Crippen LogP contribution is 2.57. The first kappa shape index (κ1) is 26.9. The van der Waals surface area contributed by atoms with E-state index in [0.717, 1.165) is 0 Å². The number of H-pyrrole nitrogens is 1. The van der Waals surface area contributed by atoms with Crippen LogP contribution in [0.3, 0.4) is 0 Å². The molecule has 2 unspecified atom stereocenters. The Hall–Kier alpha value is -2.97. The van der Waals surface area contributed by atoms with Gasteiger partial charge in [0.2, 0.25) is 5.95 Å². The number of anilines is 1. The molecule has 1 saturated carbocycles. The Balaban J connectivity index is 1.18. The molecule has 2 saturated heterocycles. The molecule has 41 heavy (non-hydrogen) atoms. The summed E-state index contributed by atoms with van der Waals surface area (Å²) in [5, 5.41) is 0. The molecule has 0 aromatic carbocycles. The van der Waals surface area contributed by atoms with Crippen molar-refractivity contribution in [1.82, 2.24) is 43.8 Å². The fourth-order valence-electron chi connectivity index (χ4n) is 5.56. The molecule has 3 aliphatic rings. The lowest BCUT2D eigenvalue weighted by molar-refractivity contribution is -0.0337. The maximum atomic E-state index is 13.4. The standard InChI is InChI=1S/C20H23N10O8PS2/c21-20-26-17-15(18(31)27-20)25-8-30(17)19-13-3-14(36-19)28-41(33,34)38-12-2-10(1-9(12)5-35-39(32,40)37-13)29-7-24-11-4-22-6-23-16(11)29/h4,6-10,12-14,19,28H,1-3,5H2,(H,32,40)(H3,21,26,27,31)/t9-,10-,12+,13-,14?,19-,39?/m1/s1. The van der Waals surface area contributed by atoms with Crippen molar-refractivity contribution >= 4 is 57.6 Å². The van der Waals surface area contributed by atoms with E-state index in [1.54, 1.807) is 12.5 Å². The molecule has 2 aliphatic heterocycles. The second kappa shape index (κ2) is 9.80. The van der Waals surface area contributed by atoms with Gasteiger partial charge in [-0.15, -0.1) is 0 Å². The average Bonchev–Trinajstić information content (AvgIpc) is 3.67. The highest BCUT2D eigenvalue weighted by molar-refractivity contribution is 8.44. The predicted octanol–water partition coefficient (Wildman–Crippen LogP) is 0.411. The Morgan fingerprint density at radius 1 is 1.10 bits per heavy atom. The Morgan fingerprint density at radius 3 is 2.78 bits per heavy atom. The number of hydrogen-bond acceptors (Lipinski definition) is 14. The second-order valence-corrected chi connectivity index (χ2v) is 14.1. The van der Waals surface area contributed by atoms with E-state index in [4.69, 9.17) is 23.7 Å². The molecule has 0 spiro atoms. The molecule has 218 valence electrons. The number of hydrogen-bond donors (Lipinski definition) is 4. The van der Waals surface area contributed by atoms with Crippen molar-refractivity contribution in [3.63, 3.8) is 0 Å². The first-order valence-corrected chi connectivity index (χ1v) is 16.5. The molecule has 1 aliphatic carbocycles. The third-order valence-electron chi connectivity index (χ3n) is 7.28. The first-order chi connectivity index (χ1) is 19.6. The number of ether oxygens (including phenoxy) is 1. The number of nitrogen functional groups attached to an aromatic ring is 1. The van der Waals surface area contributed by atoms with E-state index >= 15 is 0 Å². The highest BCUT2D eigenvalue weighted by atomic mass is 32.7. The minimum Gasteiger partial charge on any atom is -0.369 e. The van der Waals surface area contributed by atoms with Crippen LogP contribution in [0.5, 0.6) is 0 Å². The summed E-state index contributed by atoms with van der Waals surface area (Å²) >= 11 is 4.18. The van der Waals surface area contributed by atoms with Gasteiger partial charge in [0.1, 0.15) is 24.2 Å². The van der Waals surface area contributed by atoms with Gasteiger partial charge >= 0.3 is 17.1 Å². The van der Waals surface area contributed by atoms with Crippen LogP contribution in [0.1, 0.15) is 31.5 Å². The maximum absolute atomic E-state index is 13.4. The summed E-state index contributed by atoms with van der Waals surface area (Å²) in [6.07, 6.45) is 2.29. The molecule has 4 aromatic rings. The van der Waals surface area contributed by atoms with Crippen molar-refractivity contribution in [2.24, 2.45) is 5.92 Å². The van der Waals surface area contributed by atoms with Gasteiger partial charge in [-0.2, -0.15) is 18.1 Å². The fourth-order valence-corrected chi connectivity index (χ4v) is 8.18. The number of rotatable bonds is 2. The molecule has 4 N–H and O–H groups in total. The Kier molecular flexibility index (Phi) is 6.43. The molecule has 7 atom stereocenters. The molecule has 3 fully saturated rings. The number of imidazole rings is 2. The van der Waals surface area contributed by atoms with Crippen LogP contribution in [0.4, 0.5) is 5.95 Å². The first-order valence-electron chi connectivity index (χ1n) is 12.4. The molecule has 2 bridgehead atoms. The number of nitrogens with zero attached hydrogens (tertiary/aromatic N) is 7. The SMILES string of the molecule is Nc1nc2c(ncn2[C@@H]2OC3C[C@H]2OP(=O)(S)OC[C@H]2C[C@@H](n4cnc5cncnc54)C[C@@H]2OS(=O)(=O)N3)c(=O)[nH]1. The Morgan fingerprint density at radius 2 is 1.93 bits per heavy atom. The zero-order chi connectivity index (χ0) is 28.5. The van der Waals surface area contributed by atoms with Crippen LogP contribution in [-0.4, -0.2) is 72.5 Å². The quantitative estimate of drug-likeness (QED) is 0.174. The Bertz CT molecular complexity index is 1860. The normalized spacial score (nSPS) is 33.9. The minimum atomic E-state index is -4.35. The van der Waals surface area contributed by atoms with Gasteiger partial charge < -0.3 is 19.6 Å². The number of nitrogens with one attached hydrogen (secondary N) is 2. The van der Waals surface area contributed by atoms with Gasteiger partial charge in [-0.3, -0.25) is 23.1 Å². The van der Waals surface area contributed by atoms with Gasteiger partial charge in [0.15, 0.2) is 23.0 Å². The van der Waals surface area contributed by atoms with Crippen LogP contribution in [0, 0.1) is 5.92 Å². The summed E-state index contributed by atoms with van der Waals surface area (Å²) in [7, 11) is -4.35. The topological polar surface area (TPSA) is 233 Å². The van der Waals surface area contributed by atoms with E-state index in [-0.39, 0.29) is 42.6 Å². The van der Waals surface area contributed by atoms with E-state index < -0.39 is 53.2 Å². The molecule has 7 rings (SSSR count). The zero-order valence-electron chi connectivity index (χ0n) is 20.9. The molecule has 4 aromatic heterocycles. The summed E-state index contributed by atoms with van der Waals surface area (Å²) in [5.74, 6) is -0.661. The van der Waals surface area contributed by atoms with Crippen molar-refractivity contribution in [3.05, 3.63) is 35.5 Å². The van der Waals surface area contributed by atoms with Crippen LogP contribution in [0.25, 0.3) is 22.3 Å². The van der Waals surface area contributed by atoms with Crippen molar-refractivity contribution in [2.75, 3.05) is 12.3 Å². The van der Waals surface area contributed by atoms with Crippen molar-refractivity contribution in [1.29, 1.82) is 0 Å². The minimum absolute atomic E-state index is 0.0309. The van der Waals surface area contributed by atoms with Crippen LogP contribution in [0.15, 0.2) is 30.0 Å². The lowest BCUT2D eigenvalue weighted by Gasteiger charge is -2.25. The van der Waals surface area contributed by atoms with Gasteiger partial charge in [-0.05, 0) is 12.8 Å². The zero-order valence-corrected chi connectivity index (χ0v) is 23.5. The summed E-state index contributed by atoms with van der Waals surface area (Å²) < 4.78 is 68.2. The molecule has 21 heteroatoms. The van der Waals surface area contributed by atoms with Crippen molar-refractivity contribution in [2.45, 2.75) is 50.0 Å². The molecule has 0 radical (unpaired) electrons. The van der Waals surface area contributed by atoms with Gasteiger partial charge in [0, 0.05) is 18.4 Å². The summed E-state index contributed by atoms with van der Waals surface area (Å²) in [6, 6.07) is -0.233. The van der Waals surface area contributed by atoms with Crippen LogP contribution in [-0.2, 0) is 32.8 Å². The van der Waals surface area contributed by atoms with Gasteiger partial charge in [0.05, 0.1) is 31.6 Å². The van der Waals surface area contributed by atoms with E-state index in [0.29, 0.717) is 17.6 Å². The van der Waals surface area contributed by atoms with Crippen LogP contribution in [0.2, 0.25) is 0 Å². The van der Waals surface area contributed by atoms with Crippen molar-refractivity contribution in [3.8, 4) is 0 Å². The largest absolute Gasteiger partial charge is 0.386 e. The fraction of sp³-hybridized carbons (Fsp3) is 0.500. The van der Waals surface area contributed by atoms with E-state index in [9.17, 15) is 17.8 Å². The number of aromatic nitrogens is 8. The average molecular weight is 627 g/mol. The molecule has 18 nitrogen and oxygen atoms in total. The van der Waals surface area contributed by atoms with Gasteiger partial charge in [-0.1, -0.05) is 12.2 Å². The number of thiol groups is 1. The van der Waals surface area contributed by atoms with Gasteiger partial charge in [-0.25, -0.2) is 24.5 Å². The third kappa shape index (κ3) is 5.03. The highest BCUT2D eigenvalue weighted by Gasteiger charge is 2.47. The molecular formula is C20H23N10O8PS2. The molecule has 6 heterocycles. The second-order valence-electron chi connectivity index (χ2n) is 9.91. The van der Waals surface area contributed by atoms with E-state index in [1.807, 2.05) is 4.57 Å². The Labute approximate surface area is 235 Å². The predicted molar refractivity (Wildman–Crippen MR) is 143 cm³/mol. The van der Waals surface area contributed by atoms with Crippen molar-refractivity contribution < 1.29 is 31.0 Å². The lowest BCUT2D eigenvalue weighted by Crippen LogP contribution is -2.39. The smallest absolute Gasteiger partial charge is 0.369 e. The number of fused-ring (bicyclic) bond motifs is 5. The monoisotopic (exact) mass is 626 g/mol. The number of nitrogens with two attached hydrogens (primary N) is 1. The lowest BCUT2D eigenvalue weighted by atomic mass is 10.1.